The molecule has 1 aromatic rings. The van der Waals surface area contributed by atoms with Crippen LogP contribution in [-0.2, 0) is 5.54 Å². The van der Waals surface area contributed by atoms with E-state index in [1.807, 2.05) is 0 Å². The van der Waals surface area contributed by atoms with Crippen molar-refractivity contribution in [3.63, 3.8) is 0 Å². The van der Waals surface area contributed by atoms with Crippen LogP contribution in [0.3, 0.4) is 0 Å². The number of hydrogen-bond acceptors (Lipinski definition) is 2. The van der Waals surface area contributed by atoms with Crippen molar-refractivity contribution in [1.29, 1.82) is 0 Å². The van der Waals surface area contributed by atoms with Gasteiger partial charge in [-0.25, -0.2) is 0 Å². The van der Waals surface area contributed by atoms with Gasteiger partial charge >= 0.3 is 0 Å². The van der Waals surface area contributed by atoms with E-state index in [0.29, 0.717) is 0 Å². The zero-order chi connectivity index (χ0) is 14.0. The third kappa shape index (κ3) is 3.24. The van der Waals surface area contributed by atoms with Crippen molar-refractivity contribution < 1.29 is 0 Å². The van der Waals surface area contributed by atoms with Crippen LogP contribution in [0, 0.1) is 11.8 Å². The fourth-order valence-corrected chi connectivity index (χ4v) is 3.63. The van der Waals surface area contributed by atoms with Crippen LogP contribution in [-0.4, -0.2) is 31.1 Å². The van der Waals surface area contributed by atoms with Gasteiger partial charge in [0.15, 0.2) is 0 Å². The molecule has 2 fully saturated rings. The number of rotatable bonds is 4. The molecule has 1 aliphatic carbocycles. The quantitative estimate of drug-likeness (QED) is 0.905. The SMILES string of the molecule is CC(CN1CCCNC(C)(c2ccccc2)C1)C1CC1. The van der Waals surface area contributed by atoms with Crippen molar-refractivity contribution in [1.82, 2.24) is 10.2 Å². The van der Waals surface area contributed by atoms with Crippen LogP contribution in [0.15, 0.2) is 30.3 Å². The zero-order valence-corrected chi connectivity index (χ0v) is 12.9. The number of nitrogens with one attached hydrogen (secondary N) is 1. The van der Waals surface area contributed by atoms with E-state index in [0.717, 1.165) is 24.9 Å². The summed E-state index contributed by atoms with van der Waals surface area (Å²) in [5, 5.41) is 3.78. The van der Waals surface area contributed by atoms with E-state index >= 15 is 0 Å². The van der Waals surface area contributed by atoms with Crippen molar-refractivity contribution in [2.24, 2.45) is 11.8 Å². The Labute approximate surface area is 123 Å². The highest BCUT2D eigenvalue weighted by Crippen LogP contribution is 2.37. The summed E-state index contributed by atoms with van der Waals surface area (Å²) in [6, 6.07) is 11.0. The molecule has 110 valence electrons. The molecular formula is C18H28N2. The second-order valence-electron chi connectivity index (χ2n) is 7.03. The standard InChI is InChI=1S/C18H28N2/c1-15(16-9-10-16)13-20-12-6-11-19-18(2,14-20)17-7-4-3-5-8-17/h3-5,7-8,15-16,19H,6,9-14H2,1-2H3. The largest absolute Gasteiger partial charge is 0.307 e. The monoisotopic (exact) mass is 272 g/mol. The third-order valence-corrected chi connectivity index (χ3v) is 5.09. The van der Waals surface area contributed by atoms with Gasteiger partial charge in [-0.15, -0.1) is 0 Å². The summed E-state index contributed by atoms with van der Waals surface area (Å²) in [5.74, 6) is 1.88. The van der Waals surface area contributed by atoms with Crippen molar-refractivity contribution >= 4 is 0 Å². The second-order valence-corrected chi connectivity index (χ2v) is 7.03. The first kappa shape index (κ1) is 14.1. The highest BCUT2D eigenvalue weighted by molar-refractivity contribution is 5.24. The Morgan fingerprint density at radius 2 is 2.05 bits per heavy atom. The molecule has 2 heteroatoms. The Bertz CT molecular complexity index is 426. The highest BCUT2D eigenvalue weighted by Gasteiger charge is 2.33. The smallest absolute Gasteiger partial charge is 0.0534 e. The third-order valence-electron chi connectivity index (χ3n) is 5.09. The highest BCUT2D eigenvalue weighted by atomic mass is 15.2. The van der Waals surface area contributed by atoms with Gasteiger partial charge < -0.3 is 10.2 Å². The van der Waals surface area contributed by atoms with Gasteiger partial charge in [0.2, 0.25) is 0 Å². The first-order chi connectivity index (χ1) is 9.67. The average molecular weight is 272 g/mol. The molecule has 1 N–H and O–H groups in total. The van der Waals surface area contributed by atoms with Gasteiger partial charge in [-0.1, -0.05) is 37.3 Å². The van der Waals surface area contributed by atoms with E-state index in [1.54, 1.807) is 0 Å². The molecule has 0 spiro atoms. The Morgan fingerprint density at radius 1 is 1.30 bits per heavy atom. The number of benzene rings is 1. The Hall–Kier alpha value is -0.860. The van der Waals surface area contributed by atoms with Gasteiger partial charge in [-0.3, -0.25) is 0 Å². The van der Waals surface area contributed by atoms with Gasteiger partial charge in [-0.2, -0.15) is 0 Å². The van der Waals surface area contributed by atoms with Crippen molar-refractivity contribution in [3.05, 3.63) is 35.9 Å². The lowest BCUT2D eigenvalue weighted by Crippen LogP contribution is -2.47. The predicted octanol–water partition coefficient (Wildman–Crippen LogP) is 3.24. The topological polar surface area (TPSA) is 15.3 Å². The van der Waals surface area contributed by atoms with E-state index in [-0.39, 0.29) is 5.54 Å². The van der Waals surface area contributed by atoms with Gasteiger partial charge in [0.05, 0.1) is 5.54 Å². The zero-order valence-electron chi connectivity index (χ0n) is 12.9. The minimum atomic E-state index is 0.0982. The van der Waals surface area contributed by atoms with E-state index in [2.05, 4.69) is 54.4 Å². The molecule has 1 heterocycles. The maximum atomic E-state index is 3.78. The molecule has 1 aliphatic heterocycles. The van der Waals surface area contributed by atoms with Crippen molar-refractivity contribution in [2.45, 2.75) is 38.6 Å². The molecule has 2 unspecified atom stereocenters. The summed E-state index contributed by atoms with van der Waals surface area (Å²) >= 11 is 0. The van der Waals surface area contributed by atoms with E-state index in [1.165, 1.54) is 37.9 Å². The van der Waals surface area contributed by atoms with Crippen LogP contribution in [0.1, 0.15) is 38.7 Å². The van der Waals surface area contributed by atoms with Gasteiger partial charge in [-0.05, 0) is 56.7 Å². The Balaban J connectivity index is 1.70. The van der Waals surface area contributed by atoms with Gasteiger partial charge in [0, 0.05) is 13.1 Å². The molecule has 2 nitrogen and oxygen atoms in total. The molecule has 1 saturated heterocycles. The van der Waals surface area contributed by atoms with Crippen LogP contribution in [0.5, 0.6) is 0 Å². The number of hydrogen-bond donors (Lipinski definition) is 1. The van der Waals surface area contributed by atoms with E-state index in [4.69, 9.17) is 0 Å². The second kappa shape index (κ2) is 5.87. The molecule has 0 bridgehead atoms. The van der Waals surface area contributed by atoms with Crippen LogP contribution in [0.4, 0.5) is 0 Å². The Morgan fingerprint density at radius 3 is 2.75 bits per heavy atom. The maximum Gasteiger partial charge on any atom is 0.0534 e. The molecule has 2 atom stereocenters. The van der Waals surface area contributed by atoms with Crippen LogP contribution < -0.4 is 5.32 Å². The minimum Gasteiger partial charge on any atom is -0.307 e. The average Bonchev–Trinajstić information content (AvgIpc) is 3.28. The molecular weight excluding hydrogens is 244 g/mol. The van der Waals surface area contributed by atoms with E-state index < -0.39 is 0 Å². The first-order valence-corrected chi connectivity index (χ1v) is 8.20. The number of nitrogens with zero attached hydrogens (tertiary/aromatic N) is 1. The molecule has 20 heavy (non-hydrogen) atoms. The molecule has 0 amide bonds. The lowest BCUT2D eigenvalue weighted by molar-refractivity contribution is 0.189. The van der Waals surface area contributed by atoms with Gasteiger partial charge in [0.25, 0.3) is 0 Å². The van der Waals surface area contributed by atoms with Crippen LogP contribution in [0.2, 0.25) is 0 Å². The summed E-state index contributed by atoms with van der Waals surface area (Å²) in [7, 11) is 0. The molecule has 0 radical (unpaired) electrons. The summed E-state index contributed by atoms with van der Waals surface area (Å²) in [5.41, 5.74) is 1.52. The normalized spacial score (nSPS) is 29.9. The lowest BCUT2D eigenvalue weighted by atomic mass is 9.91. The Kier molecular flexibility index (Phi) is 4.13. The minimum absolute atomic E-state index is 0.0982. The predicted molar refractivity (Wildman–Crippen MR) is 84.7 cm³/mol. The lowest BCUT2D eigenvalue weighted by Gasteiger charge is -2.35. The van der Waals surface area contributed by atoms with E-state index in [9.17, 15) is 0 Å². The van der Waals surface area contributed by atoms with Crippen molar-refractivity contribution in [2.75, 3.05) is 26.2 Å². The molecule has 0 aromatic heterocycles. The molecule has 3 rings (SSSR count). The summed E-state index contributed by atoms with van der Waals surface area (Å²) in [4.78, 5) is 2.69. The fraction of sp³-hybridized carbons (Fsp3) is 0.667. The van der Waals surface area contributed by atoms with Crippen LogP contribution >= 0.6 is 0 Å². The summed E-state index contributed by atoms with van der Waals surface area (Å²) in [6.45, 7) is 9.58. The fourth-order valence-electron chi connectivity index (χ4n) is 3.63. The molecule has 1 aromatic carbocycles. The first-order valence-electron chi connectivity index (χ1n) is 8.20. The van der Waals surface area contributed by atoms with Gasteiger partial charge in [0.1, 0.15) is 0 Å². The summed E-state index contributed by atoms with van der Waals surface area (Å²) in [6.07, 6.45) is 4.19. The maximum absolute atomic E-state index is 3.78. The molecule has 1 saturated carbocycles. The molecule has 2 aliphatic rings. The van der Waals surface area contributed by atoms with Crippen LogP contribution in [0.25, 0.3) is 0 Å². The van der Waals surface area contributed by atoms with Crippen molar-refractivity contribution in [3.8, 4) is 0 Å². The summed E-state index contributed by atoms with van der Waals surface area (Å²) < 4.78 is 0.